The molecule has 0 aromatic carbocycles. The Labute approximate surface area is 71.8 Å². The Morgan fingerprint density at radius 1 is 1.33 bits per heavy atom. The van der Waals surface area contributed by atoms with Gasteiger partial charge in [-0.05, 0) is 19.3 Å². The van der Waals surface area contributed by atoms with Crippen LogP contribution in [0.15, 0.2) is 6.08 Å². The third-order valence-electron chi connectivity index (χ3n) is 2.69. The van der Waals surface area contributed by atoms with Crippen LogP contribution in [-0.4, -0.2) is 4.98 Å². The Morgan fingerprint density at radius 3 is 3.33 bits per heavy atom. The second-order valence-electron chi connectivity index (χ2n) is 3.41. The first kappa shape index (κ1) is 6.22. The highest BCUT2D eigenvalue weighted by atomic mass is 14.7. The van der Waals surface area contributed by atoms with Crippen LogP contribution < -0.4 is 0 Å². The van der Waals surface area contributed by atoms with Crippen LogP contribution in [0, 0.1) is 6.08 Å². The standard InChI is InChI=1S/C11H10N/c1-2-6-10-8(4-1)9-5-3-7-11(9)12-10/h1,4,6,12H,3,5,7H2/q+1. The van der Waals surface area contributed by atoms with Gasteiger partial charge in [0.25, 0.3) is 0 Å². The van der Waals surface area contributed by atoms with Crippen molar-refractivity contribution >= 4 is 12.2 Å². The lowest BCUT2D eigenvalue weighted by atomic mass is 10.1. The summed E-state index contributed by atoms with van der Waals surface area (Å²) >= 11 is 0. The van der Waals surface area contributed by atoms with Crippen molar-refractivity contribution in [3.8, 4) is 0 Å². The van der Waals surface area contributed by atoms with Gasteiger partial charge in [-0.25, -0.2) is 0 Å². The smallest absolute Gasteiger partial charge is 0.158 e. The zero-order chi connectivity index (χ0) is 7.97. The Kier molecular flexibility index (Phi) is 1.08. The topological polar surface area (TPSA) is 15.8 Å². The minimum absolute atomic E-state index is 1.23. The van der Waals surface area contributed by atoms with Crippen molar-refractivity contribution < 1.29 is 0 Å². The van der Waals surface area contributed by atoms with Crippen molar-refractivity contribution in [3.05, 3.63) is 34.7 Å². The van der Waals surface area contributed by atoms with Crippen molar-refractivity contribution in [2.75, 3.05) is 0 Å². The molecule has 0 spiro atoms. The summed E-state index contributed by atoms with van der Waals surface area (Å²) in [4.78, 5) is 3.44. The number of aryl methyl sites for hydroxylation is 1. The van der Waals surface area contributed by atoms with Crippen LogP contribution in [0.4, 0.5) is 0 Å². The van der Waals surface area contributed by atoms with Crippen LogP contribution in [0.3, 0.4) is 0 Å². The fourth-order valence-electron chi connectivity index (χ4n) is 2.14. The second-order valence-corrected chi connectivity index (χ2v) is 3.41. The molecule has 3 rings (SSSR count). The number of fused-ring (bicyclic) bond motifs is 3. The Hall–Kier alpha value is -1.33. The van der Waals surface area contributed by atoms with Crippen LogP contribution in [-0.2, 0) is 12.8 Å². The summed E-state index contributed by atoms with van der Waals surface area (Å²) in [7, 11) is 0. The first-order valence-electron chi connectivity index (χ1n) is 4.45. The fraction of sp³-hybridized carbons (Fsp3) is 0.273. The summed E-state index contributed by atoms with van der Waals surface area (Å²) in [5, 5.41) is 0. The van der Waals surface area contributed by atoms with Crippen molar-refractivity contribution in [2.24, 2.45) is 0 Å². The molecule has 2 aliphatic rings. The van der Waals surface area contributed by atoms with E-state index in [4.69, 9.17) is 0 Å². The highest BCUT2D eigenvalue weighted by Gasteiger charge is 2.24. The van der Waals surface area contributed by atoms with E-state index in [0.717, 1.165) is 0 Å². The maximum atomic E-state index is 3.44. The van der Waals surface area contributed by atoms with E-state index >= 15 is 0 Å². The average Bonchev–Trinajstić information content (AvgIpc) is 2.62. The maximum Gasteiger partial charge on any atom is 0.158 e. The molecule has 1 nitrogen and oxygen atoms in total. The van der Waals surface area contributed by atoms with Gasteiger partial charge in [0.1, 0.15) is 17.7 Å². The molecule has 0 atom stereocenters. The van der Waals surface area contributed by atoms with Crippen LogP contribution in [0.5, 0.6) is 0 Å². The van der Waals surface area contributed by atoms with Crippen LogP contribution >= 0.6 is 0 Å². The maximum absolute atomic E-state index is 3.44. The van der Waals surface area contributed by atoms with E-state index in [1.54, 1.807) is 5.56 Å². The first-order chi connectivity index (χ1) is 5.95. The normalized spacial score (nSPS) is 17.3. The van der Waals surface area contributed by atoms with Gasteiger partial charge in [0.15, 0.2) is 5.69 Å². The van der Waals surface area contributed by atoms with E-state index in [9.17, 15) is 0 Å². The molecular weight excluding hydrogens is 146 g/mol. The summed E-state index contributed by atoms with van der Waals surface area (Å²) in [5.74, 6) is 0. The Balaban J connectivity index is 2.29. The zero-order valence-corrected chi connectivity index (χ0v) is 6.85. The van der Waals surface area contributed by atoms with E-state index in [1.807, 2.05) is 12.2 Å². The van der Waals surface area contributed by atoms with E-state index in [2.05, 4.69) is 17.1 Å². The molecule has 58 valence electrons. The van der Waals surface area contributed by atoms with E-state index in [0.29, 0.717) is 0 Å². The molecule has 0 aliphatic heterocycles. The zero-order valence-electron chi connectivity index (χ0n) is 6.85. The molecule has 12 heavy (non-hydrogen) atoms. The lowest BCUT2D eigenvalue weighted by Gasteiger charge is -1.90. The molecule has 1 heteroatoms. The molecule has 1 aromatic rings. The predicted molar refractivity (Wildman–Crippen MR) is 49.6 cm³/mol. The number of hydrogen-bond donors (Lipinski definition) is 1. The molecule has 1 heterocycles. The third kappa shape index (κ3) is 0.666. The van der Waals surface area contributed by atoms with Gasteiger partial charge < -0.3 is 4.98 Å². The largest absolute Gasteiger partial charge is 0.305 e. The van der Waals surface area contributed by atoms with Crippen molar-refractivity contribution in [1.82, 2.24) is 4.98 Å². The van der Waals surface area contributed by atoms with Gasteiger partial charge >= 0.3 is 0 Å². The van der Waals surface area contributed by atoms with Gasteiger partial charge in [-0.2, -0.15) is 0 Å². The van der Waals surface area contributed by atoms with Gasteiger partial charge in [0.2, 0.25) is 0 Å². The van der Waals surface area contributed by atoms with Crippen molar-refractivity contribution in [3.63, 3.8) is 0 Å². The molecule has 0 saturated carbocycles. The third-order valence-corrected chi connectivity index (χ3v) is 2.69. The quantitative estimate of drug-likeness (QED) is 0.555. The van der Waals surface area contributed by atoms with Crippen LogP contribution in [0.25, 0.3) is 12.2 Å². The molecule has 1 aromatic heterocycles. The lowest BCUT2D eigenvalue weighted by molar-refractivity contribution is 0.890. The number of allylic oxidation sites excluding steroid dienone is 2. The van der Waals surface area contributed by atoms with Crippen molar-refractivity contribution in [1.29, 1.82) is 0 Å². The number of aromatic amines is 1. The summed E-state index contributed by atoms with van der Waals surface area (Å²) in [5.41, 5.74) is 5.65. The van der Waals surface area contributed by atoms with E-state index in [-0.39, 0.29) is 0 Å². The Morgan fingerprint density at radius 2 is 2.33 bits per heavy atom. The molecule has 0 bridgehead atoms. The molecule has 1 N–H and O–H groups in total. The van der Waals surface area contributed by atoms with E-state index in [1.165, 1.54) is 36.2 Å². The molecule has 0 amide bonds. The first-order valence-corrected chi connectivity index (χ1v) is 4.45. The monoisotopic (exact) mass is 156 g/mol. The summed E-state index contributed by atoms with van der Waals surface area (Å²) in [6.45, 7) is 0. The SMILES string of the molecule is [C+]1=Cc2[nH]c3c(c2C=C1)CCC3. The van der Waals surface area contributed by atoms with Gasteiger partial charge in [-0.3, -0.25) is 0 Å². The highest BCUT2D eigenvalue weighted by molar-refractivity contribution is 5.72. The average molecular weight is 156 g/mol. The lowest BCUT2D eigenvalue weighted by Crippen LogP contribution is -1.85. The number of H-pyrrole nitrogens is 1. The molecule has 2 aliphatic carbocycles. The van der Waals surface area contributed by atoms with Gasteiger partial charge in [0, 0.05) is 17.3 Å². The van der Waals surface area contributed by atoms with Crippen LogP contribution in [0.2, 0.25) is 0 Å². The minimum atomic E-state index is 1.23. The molecule has 0 radical (unpaired) electrons. The highest BCUT2D eigenvalue weighted by Crippen LogP contribution is 2.30. The number of rotatable bonds is 0. The summed E-state index contributed by atoms with van der Waals surface area (Å²) < 4.78 is 0. The number of nitrogens with one attached hydrogen (secondary N) is 1. The molecular formula is C11H10N+. The minimum Gasteiger partial charge on any atom is -0.305 e. The summed E-state index contributed by atoms with van der Waals surface area (Å²) in [6.07, 6.45) is 13.1. The molecule has 0 fully saturated rings. The van der Waals surface area contributed by atoms with Crippen LogP contribution in [0.1, 0.15) is 28.9 Å². The molecule has 0 unspecified atom stereocenters. The van der Waals surface area contributed by atoms with Gasteiger partial charge in [-0.1, -0.05) is 0 Å². The molecule has 0 saturated heterocycles. The Bertz CT molecular complexity index is 380. The van der Waals surface area contributed by atoms with Gasteiger partial charge in [-0.15, -0.1) is 0 Å². The number of hydrogen-bond acceptors (Lipinski definition) is 0. The predicted octanol–water partition coefficient (Wildman–Crippen LogP) is 2.35. The van der Waals surface area contributed by atoms with Crippen molar-refractivity contribution in [2.45, 2.75) is 19.3 Å². The van der Waals surface area contributed by atoms with E-state index < -0.39 is 0 Å². The number of aromatic nitrogens is 1. The second kappa shape index (κ2) is 2.09. The van der Waals surface area contributed by atoms with Gasteiger partial charge in [0.05, 0.1) is 6.08 Å². The fourth-order valence-corrected chi connectivity index (χ4v) is 2.14. The summed E-state index contributed by atoms with van der Waals surface area (Å²) in [6, 6.07) is 0.